The number of hydrogen-bond acceptors (Lipinski definition) is 5. The normalized spacial score (nSPS) is 23.0. The fourth-order valence-corrected chi connectivity index (χ4v) is 3.21. The first-order valence-electron chi connectivity index (χ1n) is 7.51. The SMILES string of the molecule is CCN1CCC(=O)C[C@@]1(O)c1ccnc2ccc(OC)cc12. The predicted octanol–water partition coefficient (Wildman–Crippen LogP) is 2.07. The van der Waals surface area contributed by atoms with E-state index in [0.717, 1.165) is 10.9 Å². The molecule has 1 fully saturated rings. The number of likely N-dealkylation sites (tertiary alicyclic amines) is 1. The van der Waals surface area contributed by atoms with Gasteiger partial charge in [0.1, 0.15) is 11.5 Å². The molecule has 2 aromatic rings. The largest absolute Gasteiger partial charge is 0.497 e. The molecule has 1 aromatic heterocycles. The minimum Gasteiger partial charge on any atom is -0.497 e. The van der Waals surface area contributed by atoms with E-state index in [9.17, 15) is 9.90 Å². The van der Waals surface area contributed by atoms with E-state index in [0.29, 0.717) is 30.8 Å². The molecule has 0 unspecified atom stereocenters. The minimum atomic E-state index is -1.28. The zero-order valence-corrected chi connectivity index (χ0v) is 12.9. The highest BCUT2D eigenvalue weighted by Gasteiger charge is 2.42. The lowest BCUT2D eigenvalue weighted by Crippen LogP contribution is -2.51. The number of hydrogen-bond donors (Lipinski definition) is 1. The van der Waals surface area contributed by atoms with Gasteiger partial charge in [-0.2, -0.15) is 0 Å². The van der Waals surface area contributed by atoms with E-state index in [-0.39, 0.29) is 12.2 Å². The molecule has 1 aliphatic rings. The minimum absolute atomic E-state index is 0.0834. The number of fused-ring (bicyclic) bond motifs is 1. The molecule has 1 aliphatic heterocycles. The molecule has 1 aromatic carbocycles. The van der Waals surface area contributed by atoms with E-state index in [1.54, 1.807) is 19.4 Å². The van der Waals surface area contributed by atoms with Crippen molar-refractivity contribution in [2.75, 3.05) is 20.2 Å². The van der Waals surface area contributed by atoms with E-state index in [1.165, 1.54) is 0 Å². The number of aliphatic hydroxyl groups is 1. The summed E-state index contributed by atoms with van der Waals surface area (Å²) in [4.78, 5) is 18.2. The van der Waals surface area contributed by atoms with Crippen LogP contribution in [0.4, 0.5) is 0 Å². The number of carbonyl (C=O) groups is 1. The van der Waals surface area contributed by atoms with Crippen molar-refractivity contribution in [3.8, 4) is 5.75 Å². The summed E-state index contributed by atoms with van der Waals surface area (Å²) in [5.41, 5.74) is 0.213. The molecule has 1 N–H and O–H groups in total. The Morgan fingerprint density at radius 3 is 2.95 bits per heavy atom. The fraction of sp³-hybridized carbons (Fsp3) is 0.412. The third kappa shape index (κ3) is 2.36. The Bertz CT molecular complexity index is 716. The first-order valence-corrected chi connectivity index (χ1v) is 7.51. The lowest BCUT2D eigenvalue weighted by molar-refractivity contribution is -0.157. The Morgan fingerprint density at radius 1 is 1.41 bits per heavy atom. The molecular formula is C17H20N2O3. The summed E-state index contributed by atoms with van der Waals surface area (Å²) in [5, 5.41) is 12.1. The maximum Gasteiger partial charge on any atom is 0.152 e. The highest BCUT2D eigenvalue weighted by molar-refractivity contribution is 5.86. The Morgan fingerprint density at radius 2 is 2.23 bits per heavy atom. The molecule has 0 amide bonds. The van der Waals surface area contributed by atoms with Crippen LogP contribution in [0.15, 0.2) is 30.5 Å². The van der Waals surface area contributed by atoms with Crippen molar-refractivity contribution in [3.05, 3.63) is 36.0 Å². The van der Waals surface area contributed by atoms with Gasteiger partial charge in [-0.25, -0.2) is 0 Å². The number of piperidine rings is 1. The van der Waals surface area contributed by atoms with Gasteiger partial charge in [-0.15, -0.1) is 0 Å². The van der Waals surface area contributed by atoms with Crippen molar-refractivity contribution in [2.45, 2.75) is 25.5 Å². The first kappa shape index (κ1) is 14.9. The van der Waals surface area contributed by atoms with Gasteiger partial charge < -0.3 is 9.84 Å². The van der Waals surface area contributed by atoms with Crippen LogP contribution in [-0.2, 0) is 10.5 Å². The summed E-state index contributed by atoms with van der Waals surface area (Å²) in [7, 11) is 1.61. The van der Waals surface area contributed by atoms with E-state index in [4.69, 9.17) is 4.74 Å². The van der Waals surface area contributed by atoms with Crippen molar-refractivity contribution in [1.29, 1.82) is 0 Å². The van der Waals surface area contributed by atoms with Crippen molar-refractivity contribution in [2.24, 2.45) is 0 Å². The molecule has 5 nitrogen and oxygen atoms in total. The van der Waals surface area contributed by atoms with Gasteiger partial charge in [0.25, 0.3) is 0 Å². The van der Waals surface area contributed by atoms with E-state index in [2.05, 4.69) is 4.98 Å². The molecule has 2 heterocycles. The van der Waals surface area contributed by atoms with Gasteiger partial charge in [0, 0.05) is 30.1 Å². The van der Waals surface area contributed by atoms with Crippen molar-refractivity contribution in [3.63, 3.8) is 0 Å². The quantitative estimate of drug-likeness (QED) is 0.940. The Hall–Kier alpha value is -1.98. The molecule has 0 bridgehead atoms. The molecule has 1 saturated heterocycles. The van der Waals surface area contributed by atoms with Crippen LogP contribution in [0.2, 0.25) is 0 Å². The average Bonchev–Trinajstić information content (AvgIpc) is 2.53. The monoisotopic (exact) mass is 300 g/mol. The van der Waals surface area contributed by atoms with Gasteiger partial charge in [0.2, 0.25) is 0 Å². The number of carbonyl (C=O) groups excluding carboxylic acids is 1. The molecule has 0 radical (unpaired) electrons. The third-order valence-corrected chi connectivity index (χ3v) is 4.39. The zero-order valence-electron chi connectivity index (χ0n) is 12.9. The summed E-state index contributed by atoms with van der Waals surface area (Å²) in [6, 6.07) is 7.36. The van der Waals surface area contributed by atoms with E-state index in [1.807, 2.05) is 30.0 Å². The zero-order chi connectivity index (χ0) is 15.7. The average molecular weight is 300 g/mol. The maximum atomic E-state index is 11.9. The van der Waals surface area contributed by atoms with Crippen LogP contribution >= 0.6 is 0 Å². The van der Waals surface area contributed by atoms with Crippen molar-refractivity contribution in [1.82, 2.24) is 9.88 Å². The molecular weight excluding hydrogens is 280 g/mol. The fourth-order valence-electron chi connectivity index (χ4n) is 3.21. The summed E-state index contributed by atoms with van der Waals surface area (Å²) in [6.45, 7) is 3.24. The van der Waals surface area contributed by atoms with Crippen LogP contribution < -0.4 is 4.74 Å². The number of Topliss-reactive ketones (excluding diaryl/α,β-unsaturated/α-hetero) is 1. The molecule has 0 spiro atoms. The second-order valence-electron chi connectivity index (χ2n) is 5.60. The number of rotatable bonds is 3. The number of ether oxygens (including phenoxy) is 1. The second kappa shape index (κ2) is 5.66. The van der Waals surface area contributed by atoms with Gasteiger partial charge in [0.15, 0.2) is 5.72 Å². The summed E-state index contributed by atoms with van der Waals surface area (Å²) in [5.74, 6) is 0.788. The van der Waals surface area contributed by atoms with Crippen LogP contribution in [0, 0.1) is 0 Å². The Labute approximate surface area is 129 Å². The summed E-state index contributed by atoms with van der Waals surface area (Å²) >= 11 is 0. The highest BCUT2D eigenvalue weighted by atomic mass is 16.5. The van der Waals surface area contributed by atoms with E-state index >= 15 is 0 Å². The number of nitrogens with zero attached hydrogens (tertiary/aromatic N) is 2. The van der Waals surface area contributed by atoms with Gasteiger partial charge in [-0.05, 0) is 30.8 Å². The van der Waals surface area contributed by atoms with Gasteiger partial charge in [-0.3, -0.25) is 14.7 Å². The van der Waals surface area contributed by atoms with Gasteiger partial charge in [0.05, 0.1) is 19.0 Å². The molecule has 0 aliphatic carbocycles. The van der Waals surface area contributed by atoms with Gasteiger partial charge >= 0.3 is 0 Å². The number of ketones is 1. The Kier molecular flexibility index (Phi) is 3.85. The van der Waals surface area contributed by atoms with Crippen LogP contribution in [0.5, 0.6) is 5.75 Å². The number of aromatic nitrogens is 1. The summed E-state index contributed by atoms with van der Waals surface area (Å²) < 4.78 is 5.28. The highest BCUT2D eigenvalue weighted by Crippen LogP contribution is 2.37. The topological polar surface area (TPSA) is 62.7 Å². The third-order valence-electron chi connectivity index (χ3n) is 4.39. The van der Waals surface area contributed by atoms with Crippen LogP contribution in [0.3, 0.4) is 0 Å². The van der Waals surface area contributed by atoms with Crippen LogP contribution in [0.1, 0.15) is 25.3 Å². The lowest BCUT2D eigenvalue weighted by Gasteiger charge is -2.42. The molecule has 3 rings (SSSR count). The van der Waals surface area contributed by atoms with Crippen LogP contribution in [0.25, 0.3) is 10.9 Å². The predicted molar refractivity (Wildman–Crippen MR) is 83.7 cm³/mol. The maximum absolute atomic E-state index is 11.9. The lowest BCUT2D eigenvalue weighted by atomic mass is 9.88. The smallest absolute Gasteiger partial charge is 0.152 e. The number of methoxy groups -OCH3 is 1. The van der Waals surface area contributed by atoms with Crippen LogP contribution in [-0.4, -0.2) is 41.0 Å². The summed E-state index contributed by atoms with van der Waals surface area (Å²) in [6.07, 6.45) is 2.27. The molecule has 1 atom stereocenters. The molecule has 22 heavy (non-hydrogen) atoms. The number of benzene rings is 1. The van der Waals surface area contributed by atoms with E-state index < -0.39 is 5.72 Å². The molecule has 0 saturated carbocycles. The number of pyridine rings is 1. The van der Waals surface area contributed by atoms with Crippen molar-refractivity contribution < 1.29 is 14.6 Å². The first-order chi connectivity index (χ1) is 10.6. The second-order valence-corrected chi connectivity index (χ2v) is 5.60. The van der Waals surface area contributed by atoms with Crippen molar-refractivity contribution >= 4 is 16.7 Å². The van der Waals surface area contributed by atoms with Gasteiger partial charge in [-0.1, -0.05) is 6.92 Å². The molecule has 5 heteroatoms. The molecule has 116 valence electrons. The Balaban J connectivity index is 2.20. The standard InChI is InChI=1S/C17H20N2O3/c1-3-19-9-7-12(20)11-17(19,21)15-6-8-18-16-5-4-13(22-2)10-14(15)16/h4-6,8,10,21H,3,7,9,11H2,1-2H3/t17-/m1/s1.